The molecule has 2 heterocycles. The molecule has 29 heavy (non-hydrogen) atoms. The topological polar surface area (TPSA) is 118 Å². The molecule has 2 aromatic heterocycles. The van der Waals surface area contributed by atoms with E-state index in [0.29, 0.717) is 16.9 Å². The van der Waals surface area contributed by atoms with Crippen molar-refractivity contribution in [3.8, 4) is 0 Å². The molecule has 9 heteroatoms. The highest BCUT2D eigenvalue weighted by Gasteiger charge is 2.18. The van der Waals surface area contributed by atoms with Crippen molar-refractivity contribution in [2.75, 3.05) is 10.6 Å². The standard InChI is InChI=1S/C20H21N5O4/c1-13(22-20(28)15-7-10-29-12-15)18(26)23-16-5-3-6-17(11-16)24-19(27)14(2)25-9-4-8-21-25/h3-14H,1-2H3,(H,22,28)(H,23,26)(H,24,27)/t13-,14+/m1/s1. The molecule has 0 fully saturated rings. The number of benzene rings is 1. The lowest BCUT2D eigenvalue weighted by Crippen LogP contribution is -2.41. The lowest BCUT2D eigenvalue weighted by Gasteiger charge is -2.15. The van der Waals surface area contributed by atoms with Crippen LogP contribution in [-0.2, 0) is 9.59 Å². The average Bonchev–Trinajstić information content (AvgIpc) is 3.41. The van der Waals surface area contributed by atoms with Gasteiger partial charge in [-0.3, -0.25) is 19.1 Å². The first-order valence-electron chi connectivity index (χ1n) is 8.98. The van der Waals surface area contributed by atoms with Gasteiger partial charge in [-0.2, -0.15) is 5.10 Å². The Balaban J connectivity index is 1.58. The Morgan fingerprint density at radius 2 is 1.76 bits per heavy atom. The van der Waals surface area contributed by atoms with Crippen LogP contribution in [0, 0.1) is 0 Å². The summed E-state index contributed by atoms with van der Waals surface area (Å²) in [6, 6.07) is 8.75. The molecule has 0 unspecified atom stereocenters. The summed E-state index contributed by atoms with van der Waals surface area (Å²) in [7, 11) is 0. The van der Waals surface area contributed by atoms with E-state index >= 15 is 0 Å². The van der Waals surface area contributed by atoms with Gasteiger partial charge in [0.1, 0.15) is 18.3 Å². The summed E-state index contributed by atoms with van der Waals surface area (Å²) in [6.45, 7) is 3.31. The van der Waals surface area contributed by atoms with Gasteiger partial charge < -0.3 is 20.4 Å². The molecule has 0 saturated carbocycles. The summed E-state index contributed by atoms with van der Waals surface area (Å²) in [5.41, 5.74) is 1.35. The second-order valence-electron chi connectivity index (χ2n) is 6.43. The zero-order chi connectivity index (χ0) is 20.8. The Morgan fingerprint density at radius 1 is 1.03 bits per heavy atom. The maximum Gasteiger partial charge on any atom is 0.255 e. The lowest BCUT2D eigenvalue weighted by molar-refractivity contribution is -0.119. The van der Waals surface area contributed by atoms with Gasteiger partial charge in [0.25, 0.3) is 5.91 Å². The number of furan rings is 1. The molecule has 3 amide bonds. The van der Waals surface area contributed by atoms with Crippen LogP contribution in [0.2, 0.25) is 0 Å². The Morgan fingerprint density at radius 3 is 2.38 bits per heavy atom. The lowest BCUT2D eigenvalue weighted by atomic mass is 10.2. The smallest absolute Gasteiger partial charge is 0.255 e. The van der Waals surface area contributed by atoms with Crippen molar-refractivity contribution in [1.29, 1.82) is 0 Å². The number of amides is 3. The first-order chi connectivity index (χ1) is 13.9. The summed E-state index contributed by atoms with van der Waals surface area (Å²) >= 11 is 0. The molecule has 3 rings (SSSR count). The molecule has 3 N–H and O–H groups in total. The van der Waals surface area contributed by atoms with Crippen LogP contribution in [0.25, 0.3) is 0 Å². The fourth-order valence-corrected chi connectivity index (χ4v) is 2.54. The highest BCUT2D eigenvalue weighted by atomic mass is 16.3. The van der Waals surface area contributed by atoms with E-state index in [2.05, 4.69) is 21.0 Å². The van der Waals surface area contributed by atoms with Gasteiger partial charge in [-0.25, -0.2) is 0 Å². The van der Waals surface area contributed by atoms with Gasteiger partial charge in [-0.1, -0.05) is 6.07 Å². The Hall–Kier alpha value is -3.88. The van der Waals surface area contributed by atoms with E-state index in [-0.39, 0.29) is 5.91 Å². The van der Waals surface area contributed by atoms with Gasteiger partial charge >= 0.3 is 0 Å². The summed E-state index contributed by atoms with van der Waals surface area (Å²) in [5, 5.41) is 12.2. The van der Waals surface area contributed by atoms with Gasteiger partial charge in [0, 0.05) is 23.8 Å². The zero-order valence-corrected chi connectivity index (χ0v) is 16.0. The number of carbonyl (C=O) groups excluding carboxylic acids is 3. The van der Waals surface area contributed by atoms with Crippen LogP contribution in [0.4, 0.5) is 11.4 Å². The fraction of sp³-hybridized carbons (Fsp3) is 0.200. The summed E-state index contributed by atoms with van der Waals surface area (Å²) in [4.78, 5) is 36.7. The molecule has 0 bridgehead atoms. The Kier molecular flexibility index (Phi) is 6.08. The van der Waals surface area contributed by atoms with Crippen LogP contribution >= 0.6 is 0 Å². The molecule has 0 aliphatic carbocycles. The quantitative estimate of drug-likeness (QED) is 0.568. The molecular formula is C20H21N5O4. The maximum absolute atomic E-state index is 12.4. The number of rotatable bonds is 7. The number of hydrogen-bond donors (Lipinski definition) is 3. The Labute approximate surface area is 167 Å². The van der Waals surface area contributed by atoms with Crippen LogP contribution in [0.3, 0.4) is 0 Å². The molecule has 3 aromatic rings. The second kappa shape index (κ2) is 8.87. The number of carbonyl (C=O) groups is 3. The monoisotopic (exact) mass is 395 g/mol. The highest BCUT2D eigenvalue weighted by molar-refractivity contribution is 6.01. The van der Waals surface area contributed by atoms with Crippen molar-refractivity contribution in [3.05, 3.63) is 66.9 Å². The van der Waals surface area contributed by atoms with E-state index in [1.807, 2.05) is 0 Å². The normalized spacial score (nSPS) is 12.6. The maximum atomic E-state index is 12.4. The third kappa shape index (κ3) is 5.10. The van der Waals surface area contributed by atoms with Crippen LogP contribution in [0.15, 0.2) is 65.7 Å². The SMILES string of the molecule is C[C@@H](NC(=O)c1ccoc1)C(=O)Nc1cccc(NC(=O)[C@H](C)n2cccn2)c1. The van der Waals surface area contributed by atoms with Crippen molar-refractivity contribution in [2.24, 2.45) is 0 Å². The summed E-state index contributed by atoms with van der Waals surface area (Å²) < 4.78 is 6.40. The van der Waals surface area contributed by atoms with Crippen LogP contribution in [0.1, 0.15) is 30.2 Å². The van der Waals surface area contributed by atoms with E-state index in [1.165, 1.54) is 18.6 Å². The molecule has 0 aliphatic heterocycles. The number of nitrogens with one attached hydrogen (secondary N) is 3. The van der Waals surface area contributed by atoms with E-state index < -0.39 is 23.9 Å². The molecule has 9 nitrogen and oxygen atoms in total. The first kappa shape index (κ1) is 19.9. The van der Waals surface area contributed by atoms with E-state index in [9.17, 15) is 14.4 Å². The van der Waals surface area contributed by atoms with Gasteiger partial charge in [0.15, 0.2) is 0 Å². The Bertz CT molecular complexity index is 982. The predicted octanol–water partition coefficient (Wildman–Crippen LogP) is 2.43. The molecule has 150 valence electrons. The number of aromatic nitrogens is 2. The third-order valence-electron chi connectivity index (χ3n) is 4.22. The number of nitrogens with zero attached hydrogens (tertiary/aromatic N) is 2. The highest BCUT2D eigenvalue weighted by Crippen LogP contribution is 2.17. The van der Waals surface area contributed by atoms with Crippen LogP contribution in [0.5, 0.6) is 0 Å². The number of anilines is 2. The molecule has 0 aliphatic rings. The molecule has 2 atom stereocenters. The van der Waals surface area contributed by atoms with Crippen molar-refractivity contribution in [3.63, 3.8) is 0 Å². The van der Waals surface area contributed by atoms with E-state index in [1.54, 1.807) is 61.3 Å². The molecule has 0 spiro atoms. The first-order valence-corrected chi connectivity index (χ1v) is 8.98. The van der Waals surface area contributed by atoms with Crippen molar-refractivity contribution >= 4 is 29.1 Å². The number of hydrogen-bond acceptors (Lipinski definition) is 5. The minimum Gasteiger partial charge on any atom is -0.472 e. The largest absolute Gasteiger partial charge is 0.472 e. The second-order valence-corrected chi connectivity index (χ2v) is 6.43. The van der Waals surface area contributed by atoms with Crippen molar-refractivity contribution < 1.29 is 18.8 Å². The minimum absolute atomic E-state index is 0.238. The van der Waals surface area contributed by atoms with Crippen molar-refractivity contribution in [1.82, 2.24) is 15.1 Å². The molecule has 1 aromatic carbocycles. The molecule has 0 radical (unpaired) electrons. The summed E-state index contributed by atoms with van der Waals surface area (Å²) in [6.07, 6.45) is 6.00. The van der Waals surface area contributed by atoms with Gasteiger partial charge in [-0.05, 0) is 44.2 Å². The third-order valence-corrected chi connectivity index (χ3v) is 4.22. The predicted molar refractivity (Wildman–Crippen MR) is 106 cm³/mol. The van der Waals surface area contributed by atoms with Crippen LogP contribution in [-0.4, -0.2) is 33.5 Å². The molecule has 0 saturated heterocycles. The van der Waals surface area contributed by atoms with Crippen molar-refractivity contribution in [2.45, 2.75) is 25.9 Å². The minimum atomic E-state index is -0.768. The van der Waals surface area contributed by atoms with Gasteiger partial charge in [0.2, 0.25) is 11.8 Å². The van der Waals surface area contributed by atoms with E-state index in [4.69, 9.17) is 4.42 Å². The van der Waals surface area contributed by atoms with Gasteiger partial charge in [-0.15, -0.1) is 0 Å². The van der Waals surface area contributed by atoms with E-state index in [0.717, 1.165) is 0 Å². The summed E-state index contributed by atoms with van der Waals surface area (Å²) in [5.74, 6) is -1.04. The van der Waals surface area contributed by atoms with Crippen LogP contribution < -0.4 is 16.0 Å². The zero-order valence-electron chi connectivity index (χ0n) is 16.0. The van der Waals surface area contributed by atoms with Gasteiger partial charge in [0.05, 0.1) is 11.8 Å². The molecular weight excluding hydrogens is 374 g/mol. The fourth-order valence-electron chi connectivity index (χ4n) is 2.54. The average molecular weight is 395 g/mol.